The molecule has 0 aliphatic rings. The normalized spacial score (nSPS) is 12.4. The number of rotatable bonds is 4. The first-order chi connectivity index (χ1) is 9.51. The van der Waals surface area contributed by atoms with Crippen molar-refractivity contribution < 1.29 is 4.39 Å². The predicted molar refractivity (Wildman–Crippen MR) is 88.5 cm³/mol. The fourth-order valence-corrected chi connectivity index (χ4v) is 2.94. The quantitative estimate of drug-likeness (QED) is 0.747. The van der Waals surface area contributed by atoms with Gasteiger partial charge in [-0.15, -0.1) is 0 Å². The Hall–Kier alpha value is -0.710. The standard InChI is InChI=1S/C16H16Br2FN/c1-10-3-4-11(8-15(10)18)16(20-2)9-12-7-13(19)5-6-14(12)17/h3-8,16,20H,9H2,1-2H3. The van der Waals surface area contributed by atoms with Crippen LogP contribution in [-0.4, -0.2) is 7.05 Å². The van der Waals surface area contributed by atoms with Crippen molar-refractivity contribution in [2.45, 2.75) is 19.4 Å². The Balaban J connectivity index is 2.28. The molecule has 0 saturated carbocycles. The number of likely N-dealkylation sites (N-methyl/N-ethyl adjacent to an activating group) is 1. The van der Waals surface area contributed by atoms with Crippen molar-refractivity contribution in [2.75, 3.05) is 7.05 Å². The summed E-state index contributed by atoms with van der Waals surface area (Å²) in [7, 11) is 1.92. The highest BCUT2D eigenvalue weighted by atomic mass is 79.9. The molecule has 1 atom stereocenters. The maximum absolute atomic E-state index is 13.4. The SMILES string of the molecule is CNC(Cc1cc(F)ccc1Br)c1ccc(C)c(Br)c1. The average Bonchev–Trinajstić information content (AvgIpc) is 2.43. The van der Waals surface area contributed by atoms with Crippen LogP contribution in [0.15, 0.2) is 45.3 Å². The van der Waals surface area contributed by atoms with Gasteiger partial charge in [0, 0.05) is 15.0 Å². The number of benzene rings is 2. The molecule has 0 spiro atoms. The van der Waals surface area contributed by atoms with Gasteiger partial charge in [-0.1, -0.05) is 44.0 Å². The molecule has 106 valence electrons. The molecule has 20 heavy (non-hydrogen) atoms. The van der Waals surface area contributed by atoms with E-state index in [2.05, 4.69) is 62.3 Å². The molecule has 0 aliphatic carbocycles. The number of hydrogen-bond acceptors (Lipinski definition) is 1. The van der Waals surface area contributed by atoms with Crippen LogP contribution in [0.3, 0.4) is 0 Å². The van der Waals surface area contributed by atoms with Crippen LogP contribution in [0.25, 0.3) is 0 Å². The van der Waals surface area contributed by atoms with Crippen LogP contribution in [0.5, 0.6) is 0 Å². The zero-order chi connectivity index (χ0) is 14.7. The van der Waals surface area contributed by atoms with E-state index in [0.717, 1.165) is 20.9 Å². The van der Waals surface area contributed by atoms with E-state index in [1.54, 1.807) is 12.1 Å². The predicted octanol–water partition coefficient (Wildman–Crippen LogP) is 5.16. The van der Waals surface area contributed by atoms with Gasteiger partial charge >= 0.3 is 0 Å². The van der Waals surface area contributed by atoms with Crippen LogP contribution in [0.2, 0.25) is 0 Å². The van der Waals surface area contributed by atoms with Gasteiger partial charge in [-0.05, 0) is 61.3 Å². The summed E-state index contributed by atoms with van der Waals surface area (Å²) in [5.41, 5.74) is 3.35. The summed E-state index contributed by atoms with van der Waals surface area (Å²) in [6.45, 7) is 2.06. The van der Waals surface area contributed by atoms with Crippen LogP contribution >= 0.6 is 31.9 Å². The minimum Gasteiger partial charge on any atom is -0.313 e. The van der Waals surface area contributed by atoms with E-state index in [1.807, 2.05) is 7.05 Å². The van der Waals surface area contributed by atoms with Crippen molar-refractivity contribution in [3.8, 4) is 0 Å². The Labute approximate surface area is 135 Å². The van der Waals surface area contributed by atoms with E-state index < -0.39 is 0 Å². The Morgan fingerprint density at radius 1 is 1.10 bits per heavy atom. The highest BCUT2D eigenvalue weighted by molar-refractivity contribution is 9.10. The molecule has 2 aromatic carbocycles. The van der Waals surface area contributed by atoms with Crippen molar-refractivity contribution in [1.82, 2.24) is 5.32 Å². The Bertz CT molecular complexity index is 613. The third-order valence-electron chi connectivity index (χ3n) is 3.38. The maximum atomic E-state index is 13.4. The van der Waals surface area contributed by atoms with Crippen LogP contribution in [0.1, 0.15) is 22.7 Å². The molecule has 0 aromatic heterocycles. The zero-order valence-corrected chi connectivity index (χ0v) is 14.6. The summed E-state index contributed by atoms with van der Waals surface area (Å²) in [5, 5.41) is 3.30. The van der Waals surface area contributed by atoms with Crippen LogP contribution in [0, 0.1) is 12.7 Å². The second-order valence-electron chi connectivity index (χ2n) is 4.79. The molecule has 0 bridgehead atoms. The third-order valence-corrected chi connectivity index (χ3v) is 5.01. The first kappa shape index (κ1) is 15.7. The van der Waals surface area contributed by atoms with Gasteiger partial charge in [0.1, 0.15) is 5.82 Å². The summed E-state index contributed by atoms with van der Waals surface area (Å²) in [4.78, 5) is 0. The molecule has 4 heteroatoms. The fraction of sp³-hybridized carbons (Fsp3) is 0.250. The lowest BCUT2D eigenvalue weighted by molar-refractivity contribution is 0.582. The molecule has 0 saturated heterocycles. The monoisotopic (exact) mass is 399 g/mol. The van der Waals surface area contributed by atoms with Crippen LogP contribution in [0.4, 0.5) is 4.39 Å². The van der Waals surface area contributed by atoms with E-state index in [9.17, 15) is 4.39 Å². The molecule has 1 unspecified atom stereocenters. The van der Waals surface area contributed by atoms with E-state index in [-0.39, 0.29) is 11.9 Å². The lowest BCUT2D eigenvalue weighted by Crippen LogP contribution is -2.19. The fourth-order valence-electron chi connectivity index (χ4n) is 2.13. The smallest absolute Gasteiger partial charge is 0.123 e. The van der Waals surface area contributed by atoms with E-state index in [4.69, 9.17) is 0 Å². The average molecular weight is 401 g/mol. The molecule has 0 fully saturated rings. The first-order valence-electron chi connectivity index (χ1n) is 6.38. The molecule has 1 N–H and O–H groups in total. The lowest BCUT2D eigenvalue weighted by atomic mass is 9.98. The molecule has 2 aromatic rings. The highest BCUT2D eigenvalue weighted by Crippen LogP contribution is 2.27. The van der Waals surface area contributed by atoms with Gasteiger partial charge in [0.25, 0.3) is 0 Å². The van der Waals surface area contributed by atoms with E-state index in [0.29, 0.717) is 0 Å². The largest absolute Gasteiger partial charge is 0.313 e. The minimum absolute atomic E-state index is 0.144. The van der Waals surface area contributed by atoms with E-state index >= 15 is 0 Å². The minimum atomic E-state index is -0.205. The Kier molecular flexibility index (Phi) is 5.35. The third kappa shape index (κ3) is 3.68. The van der Waals surface area contributed by atoms with E-state index in [1.165, 1.54) is 17.2 Å². The van der Waals surface area contributed by atoms with Crippen molar-refractivity contribution in [2.24, 2.45) is 0 Å². The summed E-state index contributed by atoms with van der Waals surface area (Å²) < 4.78 is 15.4. The topological polar surface area (TPSA) is 12.0 Å². The zero-order valence-electron chi connectivity index (χ0n) is 11.4. The van der Waals surface area contributed by atoms with Gasteiger partial charge in [-0.25, -0.2) is 4.39 Å². The Morgan fingerprint density at radius 3 is 2.50 bits per heavy atom. The summed E-state index contributed by atoms with van der Waals surface area (Å²) >= 11 is 7.04. The highest BCUT2D eigenvalue weighted by Gasteiger charge is 2.13. The van der Waals surface area contributed by atoms with Gasteiger partial charge in [0.05, 0.1) is 0 Å². The molecule has 0 amide bonds. The van der Waals surface area contributed by atoms with Crippen LogP contribution in [-0.2, 0) is 6.42 Å². The van der Waals surface area contributed by atoms with Crippen molar-refractivity contribution >= 4 is 31.9 Å². The van der Waals surface area contributed by atoms with Crippen molar-refractivity contribution in [3.05, 3.63) is 67.9 Å². The molecular formula is C16H16Br2FN. The summed E-state index contributed by atoms with van der Waals surface area (Å²) in [6, 6.07) is 11.2. The first-order valence-corrected chi connectivity index (χ1v) is 7.97. The molecule has 0 heterocycles. The molecule has 1 nitrogen and oxygen atoms in total. The second-order valence-corrected chi connectivity index (χ2v) is 6.50. The maximum Gasteiger partial charge on any atom is 0.123 e. The van der Waals surface area contributed by atoms with Gasteiger partial charge in [0.15, 0.2) is 0 Å². The molecule has 2 rings (SSSR count). The molecule has 0 radical (unpaired) electrons. The number of nitrogens with one attached hydrogen (secondary N) is 1. The van der Waals surface area contributed by atoms with Crippen molar-refractivity contribution in [1.29, 1.82) is 0 Å². The molecule has 0 aliphatic heterocycles. The summed E-state index contributed by atoms with van der Waals surface area (Å²) in [6.07, 6.45) is 0.727. The van der Waals surface area contributed by atoms with Crippen molar-refractivity contribution in [3.63, 3.8) is 0 Å². The second kappa shape index (κ2) is 6.83. The van der Waals surface area contributed by atoms with Gasteiger partial charge in [0.2, 0.25) is 0 Å². The van der Waals surface area contributed by atoms with Gasteiger partial charge in [-0.3, -0.25) is 0 Å². The summed E-state index contributed by atoms with van der Waals surface area (Å²) in [5.74, 6) is -0.205. The number of hydrogen-bond donors (Lipinski definition) is 1. The van der Waals surface area contributed by atoms with Crippen LogP contribution < -0.4 is 5.32 Å². The van der Waals surface area contributed by atoms with Gasteiger partial charge < -0.3 is 5.32 Å². The Morgan fingerprint density at radius 2 is 1.85 bits per heavy atom. The number of aryl methyl sites for hydroxylation is 1. The van der Waals surface area contributed by atoms with Gasteiger partial charge in [-0.2, -0.15) is 0 Å². The number of halogens is 3. The molecular weight excluding hydrogens is 385 g/mol. The lowest BCUT2D eigenvalue weighted by Gasteiger charge is -2.18.